The van der Waals surface area contributed by atoms with E-state index in [0.29, 0.717) is 6.42 Å². The molecule has 1 aromatic carbocycles. The molecule has 24 heavy (non-hydrogen) atoms. The quantitative estimate of drug-likeness (QED) is 0.814. The van der Waals surface area contributed by atoms with Gasteiger partial charge in [0, 0.05) is 5.69 Å². The molecule has 1 rings (SSSR count). The summed E-state index contributed by atoms with van der Waals surface area (Å²) in [6, 6.07) is 5.24. The van der Waals surface area contributed by atoms with Gasteiger partial charge in [-0.15, -0.1) is 0 Å². The summed E-state index contributed by atoms with van der Waals surface area (Å²) in [6.45, 7) is 11.3. The monoisotopic (exact) mass is 334 g/mol. The molecule has 0 saturated heterocycles. The van der Waals surface area contributed by atoms with E-state index in [1.165, 1.54) is 0 Å². The number of carbonyl (C=O) groups excluding carboxylic acids is 2. The first-order chi connectivity index (χ1) is 11.1. The molecule has 0 spiro atoms. The number of aryl methyl sites for hydroxylation is 2. The second-order valence-corrected chi connectivity index (χ2v) is 7.10. The van der Waals surface area contributed by atoms with Crippen molar-refractivity contribution in [1.82, 2.24) is 5.32 Å². The van der Waals surface area contributed by atoms with Crippen LogP contribution in [0.15, 0.2) is 18.2 Å². The van der Waals surface area contributed by atoms with Crippen molar-refractivity contribution in [2.75, 3.05) is 5.32 Å². The molecule has 0 bridgehead atoms. The van der Waals surface area contributed by atoms with Gasteiger partial charge in [-0.3, -0.25) is 4.79 Å². The SMILES string of the molecule is CCCCC(NC(=O)OC(C)(C)C)C(=O)Nc1c(C)cccc1C. The van der Waals surface area contributed by atoms with E-state index in [2.05, 4.69) is 10.6 Å². The van der Waals surface area contributed by atoms with Crippen LogP contribution in [0, 0.1) is 13.8 Å². The van der Waals surface area contributed by atoms with Gasteiger partial charge < -0.3 is 15.4 Å². The number of amides is 2. The highest BCUT2D eigenvalue weighted by molar-refractivity contribution is 5.97. The molecule has 2 N–H and O–H groups in total. The molecule has 0 heterocycles. The Kier molecular flexibility index (Phi) is 7.26. The summed E-state index contributed by atoms with van der Waals surface area (Å²) in [6.07, 6.45) is 1.80. The standard InChI is InChI=1S/C19H30N2O3/c1-7-8-12-15(20-18(23)24-19(4,5)6)17(22)21-16-13(2)10-9-11-14(16)3/h9-11,15H,7-8,12H2,1-6H3,(H,20,23)(H,21,22). The van der Waals surface area contributed by atoms with Crippen LogP contribution in [0.2, 0.25) is 0 Å². The molecule has 5 heteroatoms. The number of hydrogen-bond donors (Lipinski definition) is 2. The summed E-state index contributed by atoms with van der Waals surface area (Å²) in [5.41, 5.74) is 2.20. The number of carbonyl (C=O) groups is 2. The molecular weight excluding hydrogens is 304 g/mol. The largest absolute Gasteiger partial charge is 0.444 e. The van der Waals surface area contributed by atoms with Gasteiger partial charge in [-0.2, -0.15) is 0 Å². The number of nitrogens with one attached hydrogen (secondary N) is 2. The van der Waals surface area contributed by atoms with Crippen molar-refractivity contribution in [1.29, 1.82) is 0 Å². The van der Waals surface area contributed by atoms with Crippen molar-refractivity contribution < 1.29 is 14.3 Å². The van der Waals surface area contributed by atoms with E-state index in [0.717, 1.165) is 29.7 Å². The highest BCUT2D eigenvalue weighted by Crippen LogP contribution is 2.20. The molecule has 0 aliphatic heterocycles. The smallest absolute Gasteiger partial charge is 0.408 e. The Morgan fingerprint density at radius 1 is 1.17 bits per heavy atom. The first kappa shape index (κ1) is 20.0. The fourth-order valence-electron chi connectivity index (χ4n) is 2.35. The molecule has 2 amide bonds. The number of unbranched alkanes of at least 4 members (excludes halogenated alkanes) is 1. The Morgan fingerprint density at radius 3 is 2.25 bits per heavy atom. The Labute approximate surface area is 145 Å². The number of anilines is 1. The minimum Gasteiger partial charge on any atom is -0.444 e. The maximum atomic E-state index is 12.6. The van der Waals surface area contributed by atoms with Crippen molar-refractivity contribution in [3.05, 3.63) is 29.3 Å². The highest BCUT2D eigenvalue weighted by atomic mass is 16.6. The molecule has 0 radical (unpaired) electrons. The highest BCUT2D eigenvalue weighted by Gasteiger charge is 2.24. The average molecular weight is 334 g/mol. The van der Waals surface area contributed by atoms with Crippen LogP contribution in [-0.2, 0) is 9.53 Å². The van der Waals surface area contributed by atoms with E-state index in [9.17, 15) is 9.59 Å². The number of alkyl carbamates (subject to hydrolysis) is 1. The minimum absolute atomic E-state index is 0.216. The second-order valence-electron chi connectivity index (χ2n) is 7.10. The van der Waals surface area contributed by atoms with E-state index in [1.807, 2.05) is 39.0 Å². The van der Waals surface area contributed by atoms with Gasteiger partial charge >= 0.3 is 6.09 Å². The number of benzene rings is 1. The molecule has 5 nitrogen and oxygen atoms in total. The van der Waals surface area contributed by atoms with Gasteiger partial charge in [-0.1, -0.05) is 38.0 Å². The Bertz CT molecular complexity index is 556. The lowest BCUT2D eigenvalue weighted by molar-refractivity contribution is -0.118. The Balaban J connectivity index is 2.83. The van der Waals surface area contributed by atoms with E-state index < -0.39 is 17.7 Å². The predicted molar refractivity (Wildman–Crippen MR) is 97.2 cm³/mol. The van der Waals surface area contributed by atoms with Crippen LogP contribution in [0.25, 0.3) is 0 Å². The van der Waals surface area contributed by atoms with Gasteiger partial charge in [-0.25, -0.2) is 4.79 Å². The zero-order valence-corrected chi connectivity index (χ0v) is 15.7. The van der Waals surface area contributed by atoms with Crippen molar-refractivity contribution in [3.63, 3.8) is 0 Å². The number of hydrogen-bond acceptors (Lipinski definition) is 3. The molecular formula is C19H30N2O3. The molecule has 1 aromatic rings. The van der Waals surface area contributed by atoms with Gasteiger partial charge in [0.05, 0.1) is 0 Å². The molecule has 1 unspecified atom stereocenters. The maximum absolute atomic E-state index is 12.6. The Morgan fingerprint density at radius 2 is 1.75 bits per heavy atom. The summed E-state index contributed by atoms with van der Waals surface area (Å²) in [7, 11) is 0. The minimum atomic E-state index is -0.612. The van der Waals surface area contributed by atoms with Crippen LogP contribution in [0.4, 0.5) is 10.5 Å². The van der Waals surface area contributed by atoms with Crippen LogP contribution in [-0.4, -0.2) is 23.6 Å². The summed E-state index contributed by atoms with van der Waals surface area (Å²) in [5, 5.41) is 5.64. The number of para-hydroxylation sites is 1. The van der Waals surface area contributed by atoms with Gasteiger partial charge in [0.25, 0.3) is 0 Å². The first-order valence-corrected chi connectivity index (χ1v) is 8.50. The lowest BCUT2D eigenvalue weighted by Gasteiger charge is -2.23. The van der Waals surface area contributed by atoms with Crippen LogP contribution in [0.3, 0.4) is 0 Å². The normalized spacial score (nSPS) is 12.4. The zero-order valence-electron chi connectivity index (χ0n) is 15.7. The third-order valence-corrected chi connectivity index (χ3v) is 3.58. The molecule has 134 valence electrons. The van der Waals surface area contributed by atoms with Crippen molar-refractivity contribution in [2.24, 2.45) is 0 Å². The molecule has 0 aliphatic carbocycles. The maximum Gasteiger partial charge on any atom is 0.408 e. The van der Waals surface area contributed by atoms with Gasteiger partial charge in [0.1, 0.15) is 11.6 Å². The van der Waals surface area contributed by atoms with E-state index in [1.54, 1.807) is 20.8 Å². The molecule has 0 fully saturated rings. The topological polar surface area (TPSA) is 67.4 Å². The fraction of sp³-hybridized carbons (Fsp3) is 0.579. The van der Waals surface area contributed by atoms with Gasteiger partial charge in [0.2, 0.25) is 5.91 Å². The van der Waals surface area contributed by atoms with Crippen molar-refractivity contribution in [2.45, 2.75) is 72.4 Å². The van der Waals surface area contributed by atoms with Crippen molar-refractivity contribution >= 4 is 17.7 Å². The Hall–Kier alpha value is -2.04. The second kappa shape index (κ2) is 8.71. The predicted octanol–water partition coefficient (Wildman–Crippen LogP) is 4.33. The van der Waals surface area contributed by atoms with E-state index >= 15 is 0 Å². The lowest BCUT2D eigenvalue weighted by atomic mass is 10.1. The van der Waals surface area contributed by atoms with Crippen LogP contribution < -0.4 is 10.6 Å². The summed E-state index contributed by atoms with van der Waals surface area (Å²) >= 11 is 0. The summed E-state index contributed by atoms with van der Waals surface area (Å²) < 4.78 is 5.27. The van der Waals surface area contributed by atoms with Crippen LogP contribution in [0.5, 0.6) is 0 Å². The average Bonchev–Trinajstić information content (AvgIpc) is 2.45. The molecule has 0 aromatic heterocycles. The van der Waals surface area contributed by atoms with Gasteiger partial charge in [0.15, 0.2) is 0 Å². The number of ether oxygens (including phenoxy) is 1. The van der Waals surface area contributed by atoms with Crippen LogP contribution >= 0.6 is 0 Å². The molecule has 0 aliphatic rings. The lowest BCUT2D eigenvalue weighted by Crippen LogP contribution is -2.45. The van der Waals surface area contributed by atoms with Gasteiger partial charge in [-0.05, 0) is 52.2 Å². The third-order valence-electron chi connectivity index (χ3n) is 3.58. The summed E-state index contributed by atoms with van der Waals surface area (Å²) in [4.78, 5) is 24.7. The summed E-state index contributed by atoms with van der Waals surface area (Å²) in [5.74, 6) is -0.216. The fourth-order valence-corrected chi connectivity index (χ4v) is 2.35. The van der Waals surface area contributed by atoms with E-state index in [4.69, 9.17) is 4.74 Å². The third kappa shape index (κ3) is 6.60. The van der Waals surface area contributed by atoms with E-state index in [-0.39, 0.29) is 5.91 Å². The first-order valence-electron chi connectivity index (χ1n) is 8.50. The molecule has 1 atom stereocenters. The number of rotatable bonds is 6. The zero-order chi connectivity index (χ0) is 18.3. The van der Waals surface area contributed by atoms with Crippen LogP contribution in [0.1, 0.15) is 58.1 Å². The van der Waals surface area contributed by atoms with Crippen molar-refractivity contribution in [3.8, 4) is 0 Å². The molecule has 0 saturated carbocycles.